The van der Waals surface area contributed by atoms with Crippen molar-refractivity contribution in [3.05, 3.63) is 40.7 Å². The Morgan fingerprint density at radius 2 is 1.79 bits per heavy atom. The first kappa shape index (κ1) is 15.2. The van der Waals surface area contributed by atoms with Crippen LogP contribution in [-0.2, 0) is 4.79 Å². The fourth-order valence-electron chi connectivity index (χ4n) is 1.03. The molecule has 0 heterocycles. The number of aliphatic hydroxyl groups is 1. The van der Waals surface area contributed by atoms with Gasteiger partial charge in [-0.1, -0.05) is 11.6 Å². The predicted octanol–water partition coefficient (Wildman–Crippen LogP) is 4.34. The maximum absolute atomic E-state index is 12.3. The van der Waals surface area contributed by atoms with Gasteiger partial charge in [-0.25, -0.2) is 0 Å². The van der Waals surface area contributed by atoms with Gasteiger partial charge in [0, 0.05) is 11.9 Å². The van der Waals surface area contributed by atoms with Gasteiger partial charge in [-0.15, -0.1) is 5.11 Å². The molecule has 0 bridgehead atoms. The minimum absolute atomic E-state index is 0.193. The number of hydrogen-bond acceptors (Lipinski definition) is 4. The van der Waals surface area contributed by atoms with E-state index in [1.54, 1.807) is 0 Å². The fourth-order valence-corrected chi connectivity index (χ4v) is 1.16. The molecule has 1 aromatic rings. The standard InChI is InChI=1S/C11H8ClF3N2O2/c1-6(18)9(10(19)11(13,14)15)17-16-8-4-2-7(12)3-5-8/h2-5,19H,1H3/b10-9+,17-16?. The molecular weight excluding hydrogens is 285 g/mol. The van der Waals surface area contributed by atoms with Crippen LogP contribution in [0.1, 0.15) is 6.92 Å². The highest BCUT2D eigenvalue weighted by Gasteiger charge is 2.38. The Hall–Kier alpha value is -1.89. The molecule has 0 fully saturated rings. The van der Waals surface area contributed by atoms with Gasteiger partial charge in [0.1, 0.15) is 0 Å². The van der Waals surface area contributed by atoms with Crippen LogP contribution in [0, 0.1) is 0 Å². The number of halogens is 4. The van der Waals surface area contributed by atoms with E-state index < -0.39 is 23.4 Å². The van der Waals surface area contributed by atoms with Crippen molar-refractivity contribution >= 4 is 23.1 Å². The third-order valence-electron chi connectivity index (χ3n) is 1.92. The van der Waals surface area contributed by atoms with Crippen LogP contribution < -0.4 is 0 Å². The number of rotatable bonds is 3. The van der Waals surface area contributed by atoms with Crippen molar-refractivity contribution < 1.29 is 23.1 Å². The van der Waals surface area contributed by atoms with E-state index in [0.29, 0.717) is 5.02 Å². The maximum atomic E-state index is 12.3. The molecule has 0 spiro atoms. The number of carbonyl (C=O) groups excluding carboxylic acids is 1. The molecule has 0 saturated carbocycles. The van der Waals surface area contributed by atoms with Gasteiger partial charge in [0.2, 0.25) is 5.76 Å². The summed E-state index contributed by atoms with van der Waals surface area (Å²) in [6.07, 6.45) is -5.06. The number of aliphatic hydroxyl groups excluding tert-OH is 1. The number of hydrogen-bond donors (Lipinski definition) is 1. The molecule has 0 aliphatic carbocycles. The zero-order valence-corrected chi connectivity index (χ0v) is 10.3. The average Bonchev–Trinajstić information content (AvgIpc) is 2.30. The van der Waals surface area contributed by atoms with Crippen LogP contribution >= 0.6 is 11.6 Å². The van der Waals surface area contributed by atoms with Gasteiger partial charge in [0.05, 0.1) is 5.69 Å². The number of alkyl halides is 3. The summed E-state index contributed by atoms with van der Waals surface area (Å²) in [5, 5.41) is 15.9. The lowest BCUT2D eigenvalue weighted by Crippen LogP contribution is -2.16. The summed E-state index contributed by atoms with van der Waals surface area (Å²) in [5.41, 5.74) is -0.958. The lowest BCUT2D eigenvalue weighted by molar-refractivity contribution is -0.126. The van der Waals surface area contributed by atoms with E-state index in [2.05, 4.69) is 10.2 Å². The molecule has 0 aliphatic rings. The third kappa shape index (κ3) is 4.36. The highest BCUT2D eigenvalue weighted by molar-refractivity contribution is 6.30. The van der Waals surface area contributed by atoms with Gasteiger partial charge in [0.25, 0.3) is 0 Å². The van der Waals surface area contributed by atoms with Crippen molar-refractivity contribution in [1.82, 2.24) is 0 Å². The minimum Gasteiger partial charge on any atom is -0.503 e. The van der Waals surface area contributed by atoms with Crippen molar-refractivity contribution in [2.24, 2.45) is 10.2 Å². The van der Waals surface area contributed by atoms with Crippen LogP contribution in [0.5, 0.6) is 0 Å². The maximum Gasteiger partial charge on any atom is 0.451 e. The highest BCUT2D eigenvalue weighted by Crippen LogP contribution is 2.27. The monoisotopic (exact) mass is 292 g/mol. The van der Waals surface area contributed by atoms with Gasteiger partial charge in [0.15, 0.2) is 11.5 Å². The Bertz CT molecular complexity index is 536. The van der Waals surface area contributed by atoms with Gasteiger partial charge in [-0.2, -0.15) is 18.3 Å². The summed E-state index contributed by atoms with van der Waals surface area (Å²) < 4.78 is 36.8. The molecule has 0 atom stereocenters. The number of Topliss-reactive ketones (excluding diaryl/α,β-unsaturated/α-hetero) is 1. The van der Waals surface area contributed by atoms with Crippen molar-refractivity contribution in [2.45, 2.75) is 13.1 Å². The van der Waals surface area contributed by atoms with E-state index in [9.17, 15) is 18.0 Å². The van der Waals surface area contributed by atoms with Crippen LogP contribution in [0.2, 0.25) is 5.02 Å². The topological polar surface area (TPSA) is 62.0 Å². The van der Waals surface area contributed by atoms with Gasteiger partial charge < -0.3 is 5.11 Å². The number of azo groups is 1. The third-order valence-corrected chi connectivity index (χ3v) is 2.17. The summed E-state index contributed by atoms with van der Waals surface area (Å²) in [4.78, 5) is 11.0. The Morgan fingerprint density at radius 3 is 2.21 bits per heavy atom. The Balaban J connectivity index is 3.11. The zero-order chi connectivity index (χ0) is 14.6. The second-order valence-electron chi connectivity index (χ2n) is 3.43. The zero-order valence-electron chi connectivity index (χ0n) is 9.57. The molecule has 102 valence electrons. The van der Waals surface area contributed by atoms with Crippen LogP contribution in [-0.4, -0.2) is 17.1 Å². The van der Waals surface area contributed by atoms with Crippen molar-refractivity contribution in [1.29, 1.82) is 0 Å². The molecular formula is C11H8ClF3N2O2. The molecule has 0 unspecified atom stereocenters. The fraction of sp³-hybridized carbons (Fsp3) is 0.182. The van der Waals surface area contributed by atoms with Gasteiger partial charge >= 0.3 is 6.18 Å². The summed E-state index contributed by atoms with van der Waals surface area (Å²) in [6, 6.07) is 5.70. The second kappa shape index (κ2) is 5.83. The number of benzene rings is 1. The number of ketones is 1. The number of nitrogens with zero attached hydrogens (tertiary/aromatic N) is 2. The first-order valence-electron chi connectivity index (χ1n) is 4.90. The molecule has 0 amide bonds. The molecule has 0 aromatic heterocycles. The molecule has 1 aromatic carbocycles. The molecule has 1 N–H and O–H groups in total. The highest BCUT2D eigenvalue weighted by atomic mass is 35.5. The smallest absolute Gasteiger partial charge is 0.451 e. The molecule has 0 saturated heterocycles. The van der Waals surface area contributed by atoms with Crippen LogP contribution in [0.4, 0.5) is 18.9 Å². The lowest BCUT2D eigenvalue weighted by Gasteiger charge is -2.06. The number of carbonyl (C=O) groups is 1. The van der Waals surface area contributed by atoms with Crippen molar-refractivity contribution in [3.63, 3.8) is 0 Å². The van der Waals surface area contributed by atoms with E-state index in [0.717, 1.165) is 6.92 Å². The summed E-state index contributed by atoms with van der Waals surface area (Å²) in [5.74, 6) is -3.12. The quantitative estimate of drug-likeness (QED) is 0.511. The minimum atomic E-state index is -5.06. The van der Waals surface area contributed by atoms with E-state index in [4.69, 9.17) is 16.7 Å². The SMILES string of the molecule is CC(=O)/C(N=Nc1ccc(Cl)cc1)=C(\O)C(F)(F)F. The van der Waals surface area contributed by atoms with Crippen LogP contribution in [0.15, 0.2) is 46.0 Å². The Labute approximate surface area is 111 Å². The predicted molar refractivity (Wildman–Crippen MR) is 62.4 cm³/mol. The normalized spacial score (nSPS) is 13.5. The molecule has 0 radical (unpaired) electrons. The Morgan fingerprint density at radius 1 is 1.26 bits per heavy atom. The molecule has 4 nitrogen and oxygen atoms in total. The summed E-state index contributed by atoms with van der Waals surface area (Å²) in [6.45, 7) is 0.845. The van der Waals surface area contributed by atoms with E-state index >= 15 is 0 Å². The van der Waals surface area contributed by atoms with Gasteiger partial charge in [-0.3, -0.25) is 4.79 Å². The largest absolute Gasteiger partial charge is 0.503 e. The first-order valence-corrected chi connectivity index (χ1v) is 5.28. The van der Waals surface area contributed by atoms with Crippen molar-refractivity contribution in [3.8, 4) is 0 Å². The summed E-state index contributed by atoms with van der Waals surface area (Å²) in [7, 11) is 0. The van der Waals surface area contributed by atoms with Crippen LogP contribution in [0.25, 0.3) is 0 Å². The average molecular weight is 293 g/mol. The van der Waals surface area contributed by atoms with Gasteiger partial charge in [-0.05, 0) is 24.3 Å². The molecule has 1 rings (SSSR count). The molecule has 19 heavy (non-hydrogen) atoms. The van der Waals surface area contributed by atoms with E-state index in [1.165, 1.54) is 24.3 Å². The summed E-state index contributed by atoms with van der Waals surface area (Å²) >= 11 is 5.61. The molecule has 8 heteroatoms. The van der Waals surface area contributed by atoms with Crippen molar-refractivity contribution in [2.75, 3.05) is 0 Å². The van der Waals surface area contributed by atoms with Crippen LogP contribution in [0.3, 0.4) is 0 Å². The lowest BCUT2D eigenvalue weighted by atomic mass is 10.3. The van der Waals surface area contributed by atoms with E-state index in [-0.39, 0.29) is 5.69 Å². The van der Waals surface area contributed by atoms with E-state index in [1.807, 2.05) is 0 Å². The Kier molecular flexibility index (Phi) is 4.66. The first-order chi connectivity index (χ1) is 8.71. The number of allylic oxidation sites excluding steroid dienone is 2. The molecule has 0 aliphatic heterocycles. The second-order valence-corrected chi connectivity index (χ2v) is 3.86.